The van der Waals surface area contributed by atoms with Crippen molar-refractivity contribution < 1.29 is 4.74 Å². The van der Waals surface area contributed by atoms with Gasteiger partial charge in [-0.15, -0.1) is 0 Å². The smallest absolute Gasteiger partial charge is 0.0528 e. The lowest BCUT2D eigenvalue weighted by molar-refractivity contribution is 0.0709. The first-order valence-electron chi connectivity index (χ1n) is 5.38. The van der Waals surface area contributed by atoms with Gasteiger partial charge in [0.1, 0.15) is 0 Å². The van der Waals surface area contributed by atoms with Crippen LogP contribution < -0.4 is 5.32 Å². The third kappa shape index (κ3) is 5.06. The molecule has 2 nitrogen and oxygen atoms in total. The molecule has 2 heteroatoms. The summed E-state index contributed by atoms with van der Waals surface area (Å²) >= 11 is 0. The quantitative estimate of drug-likeness (QED) is 0.520. The lowest BCUT2D eigenvalue weighted by Gasteiger charge is -2.18. The summed E-state index contributed by atoms with van der Waals surface area (Å²) in [5.74, 6) is 0.676. The van der Waals surface area contributed by atoms with Gasteiger partial charge in [-0.2, -0.15) is 0 Å². The van der Waals surface area contributed by atoms with E-state index in [2.05, 4.69) is 24.4 Å². The zero-order valence-corrected chi connectivity index (χ0v) is 8.59. The van der Waals surface area contributed by atoms with Crippen molar-refractivity contribution in [2.24, 2.45) is 5.92 Å². The lowest BCUT2D eigenvalue weighted by atomic mass is 10.0. The fourth-order valence-corrected chi connectivity index (χ4v) is 1.57. The summed E-state index contributed by atoms with van der Waals surface area (Å²) in [5.41, 5.74) is 0. The van der Waals surface area contributed by atoms with Crippen molar-refractivity contribution in [3.8, 4) is 0 Å². The first-order valence-corrected chi connectivity index (χ1v) is 5.38. The van der Waals surface area contributed by atoms with Gasteiger partial charge in [0.2, 0.25) is 0 Å². The molecule has 0 bridgehead atoms. The third-order valence-corrected chi connectivity index (χ3v) is 2.34. The molecule has 13 heavy (non-hydrogen) atoms. The number of hydrogen-bond acceptors (Lipinski definition) is 2. The summed E-state index contributed by atoms with van der Waals surface area (Å²) in [6.45, 7) is 6.19. The monoisotopic (exact) mass is 183 g/mol. The highest BCUT2D eigenvalue weighted by Gasteiger charge is 2.09. The van der Waals surface area contributed by atoms with Crippen LogP contribution in [0.2, 0.25) is 0 Å². The van der Waals surface area contributed by atoms with Crippen LogP contribution in [-0.2, 0) is 4.74 Å². The van der Waals surface area contributed by atoms with Crippen molar-refractivity contribution in [1.82, 2.24) is 5.32 Å². The molecule has 0 aromatic carbocycles. The van der Waals surface area contributed by atoms with Gasteiger partial charge >= 0.3 is 0 Å². The molecule has 1 aliphatic rings. The third-order valence-electron chi connectivity index (χ3n) is 2.34. The van der Waals surface area contributed by atoms with Gasteiger partial charge in [0.15, 0.2) is 0 Å². The Labute approximate surface area is 81.4 Å². The van der Waals surface area contributed by atoms with Gasteiger partial charge in [0.25, 0.3) is 0 Å². The van der Waals surface area contributed by atoms with Gasteiger partial charge in [-0.1, -0.05) is 19.1 Å². The number of ether oxygens (including phenoxy) is 1. The number of hydrogen-bond donors (Lipinski definition) is 1. The Balaban J connectivity index is 2.01. The molecule has 0 aromatic rings. The van der Waals surface area contributed by atoms with Crippen LogP contribution in [0.3, 0.4) is 0 Å². The Kier molecular flexibility index (Phi) is 5.87. The summed E-state index contributed by atoms with van der Waals surface area (Å²) in [7, 11) is 0. The van der Waals surface area contributed by atoms with E-state index < -0.39 is 0 Å². The van der Waals surface area contributed by atoms with Gasteiger partial charge in [0.05, 0.1) is 6.61 Å². The maximum Gasteiger partial charge on any atom is 0.0528 e. The highest BCUT2D eigenvalue weighted by atomic mass is 16.5. The Morgan fingerprint density at radius 1 is 1.54 bits per heavy atom. The number of nitrogens with one attached hydrogen (secondary N) is 1. The Morgan fingerprint density at radius 3 is 3.15 bits per heavy atom. The summed E-state index contributed by atoms with van der Waals surface area (Å²) in [5, 5.41) is 3.30. The van der Waals surface area contributed by atoms with Crippen molar-refractivity contribution in [3.05, 3.63) is 12.2 Å². The van der Waals surface area contributed by atoms with Crippen molar-refractivity contribution in [2.45, 2.75) is 26.2 Å². The van der Waals surface area contributed by atoms with Crippen LogP contribution in [0.5, 0.6) is 0 Å². The molecule has 0 aromatic heterocycles. The van der Waals surface area contributed by atoms with Gasteiger partial charge < -0.3 is 10.1 Å². The molecule has 0 spiro atoms. The van der Waals surface area contributed by atoms with Gasteiger partial charge in [-0.25, -0.2) is 0 Å². The molecule has 1 heterocycles. The highest BCUT2D eigenvalue weighted by molar-refractivity contribution is 4.89. The normalized spacial score (nSPS) is 23.9. The largest absolute Gasteiger partial charge is 0.381 e. The summed E-state index contributed by atoms with van der Waals surface area (Å²) in [6, 6.07) is 0. The van der Waals surface area contributed by atoms with Gasteiger partial charge in [-0.3, -0.25) is 0 Å². The molecular weight excluding hydrogens is 162 g/mol. The van der Waals surface area contributed by atoms with Crippen molar-refractivity contribution >= 4 is 0 Å². The van der Waals surface area contributed by atoms with E-state index in [1.54, 1.807) is 0 Å². The van der Waals surface area contributed by atoms with Crippen molar-refractivity contribution in [2.75, 3.05) is 26.3 Å². The second-order valence-corrected chi connectivity index (χ2v) is 3.55. The average molecular weight is 183 g/mol. The van der Waals surface area contributed by atoms with Crippen LogP contribution in [0.15, 0.2) is 12.2 Å². The minimum atomic E-state index is 0.676. The average Bonchev–Trinajstić information content (AvgIpc) is 2.19. The fraction of sp³-hybridized carbons (Fsp3) is 0.818. The van der Waals surface area contributed by atoms with Crippen LogP contribution in [0.4, 0.5) is 0 Å². The highest BCUT2D eigenvalue weighted by Crippen LogP contribution is 2.14. The van der Waals surface area contributed by atoms with Crippen LogP contribution in [0.1, 0.15) is 26.2 Å². The van der Waals surface area contributed by atoms with Crippen LogP contribution in [0.25, 0.3) is 0 Å². The maximum absolute atomic E-state index is 5.39. The Morgan fingerprint density at radius 2 is 2.46 bits per heavy atom. The molecule has 1 fully saturated rings. The van der Waals surface area contributed by atoms with E-state index in [1.807, 2.05) is 0 Å². The lowest BCUT2D eigenvalue weighted by Crippen LogP contribution is -2.15. The first kappa shape index (κ1) is 10.7. The topological polar surface area (TPSA) is 21.3 Å². The molecular formula is C11H21NO. The zero-order valence-electron chi connectivity index (χ0n) is 8.59. The van der Waals surface area contributed by atoms with E-state index in [4.69, 9.17) is 4.74 Å². The number of rotatable bonds is 5. The first-order chi connectivity index (χ1) is 6.43. The van der Waals surface area contributed by atoms with Crippen LogP contribution in [-0.4, -0.2) is 26.3 Å². The maximum atomic E-state index is 5.39. The SMILES string of the molecule is CCNCC/C=C/C1CCCOC1. The molecule has 0 radical (unpaired) electrons. The second kappa shape index (κ2) is 7.10. The van der Waals surface area contributed by atoms with E-state index in [9.17, 15) is 0 Å². The molecule has 1 unspecified atom stereocenters. The predicted octanol–water partition coefficient (Wildman–Crippen LogP) is 1.97. The van der Waals surface area contributed by atoms with Crippen LogP contribution in [0, 0.1) is 5.92 Å². The summed E-state index contributed by atoms with van der Waals surface area (Å²) in [6.07, 6.45) is 8.27. The van der Waals surface area contributed by atoms with E-state index in [0.29, 0.717) is 5.92 Å². The van der Waals surface area contributed by atoms with E-state index >= 15 is 0 Å². The summed E-state index contributed by atoms with van der Waals surface area (Å²) in [4.78, 5) is 0. The second-order valence-electron chi connectivity index (χ2n) is 3.55. The molecule has 1 rings (SSSR count). The predicted molar refractivity (Wildman–Crippen MR) is 55.8 cm³/mol. The molecule has 1 atom stereocenters. The van der Waals surface area contributed by atoms with Crippen molar-refractivity contribution in [1.29, 1.82) is 0 Å². The molecule has 0 amide bonds. The molecule has 1 saturated heterocycles. The van der Waals surface area contributed by atoms with Crippen LogP contribution >= 0.6 is 0 Å². The molecule has 0 aliphatic carbocycles. The van der Waals surface area contributed by atoms with Crippen molar-refractivity contribution in [3.63, 3.8) is 0 Å². The minimum absolute atomic E-state index is 0.676. The molecule has 1 aliphatic heterocycles. The molecule has 0 saturated carbocycles. The standard InChI is InChI=1S/C11H21NO/c1-2-12-8-4-3-6-11-7-5-9-13-10-11/h3,6,11-12H,2,4-5,7-10H2,1H3/b6-3+. The molecule has 1 N–H and O–H groups in total. The van der Waals surface area contributed by atoms with E-state index in [-0.39, 0.29) is 0 Å². The van der Waals surface area contributed by atoms with Gasteiger partial charge in [-0.05, 0) is 32.4 Å². The Bertz CT molecular complexity index is 139. The minimum Gasteiger partial charge on any atom is -0.381 e. The fourth-order valence-electron chi connectivity index (χ4n) is 1.57. The summed E-state index contributed by atoms with van der Waals surface area (Å²) < 4.78 is 5.39. The Hall–Kier alpha value is -0.340. The van der Waals surface area contributed by atoms with E-state index in [0.717, 1.165) is 32.7 Å². The van der Waals surface area contributed by atoms with Gasteiger partial charge in [0, 0.05) is 12.5 Å². The molecule has 76 valence electrons. The zero-order chi connectivity index (χ0) is 9.36. The van der Waals surface area contributed by atoms with E-state index in [1.165, 1.54) is 12.8 Å².